The lowest BCUT2D eigenvalue weighted by Gasteiger charge is -2.30. The van der Waals surface area contributed by atoms with Crippen molar-refractivity contribution in [3.05, 3.63) is 130 Å². The molecule has 0 bridgehead atoms. The van der Waals surface area contributed by atoms with Crippen LogP contribution in [0.15, 0.2) is 103 Å². The molecule has 0 fully saturated rings. The van der Waals surface area contributed by atoms with Crippen molar-refractivity contribution in [2.24, 2.45) is 0 Å². The maximum atomic E-state index is 6.50. The SMILES string of the molecule is Clc1ccc2c(c1)-c1cc3ccccc3cc1C21c2ccccc2-c2ccccc21. The van der Waals surface area contributed by atoms with E-state index in [-0.39, 0.29) is 5.41 Å². The normalized spacial score (nSPS) is 14.4. The van der Waals surface area contributed by atoms with Gasteiger partial charge in [0.25, 0.3) is 0 Å². The van der Waals surface area contributed by atoms with Gasteiger partial charge < -0.3 is 0 Å². The minimum Gasteiger partial charge on any atom is -0.0843 e. The Hall–Kier alpha value is -3.35. The van der Waals surface area contributed by atoms with Gasteiger partial charge >= 0.3 is 0 Å². The van der Waals surface area contributed by atoms with Gasteiger partial charge in [-0.25, -0.2) is 0 Å². The summed E-state index contributed by atoms with van der Waals surface area (Å²) in [6.07, 6.45) is 0. The Morgan fingerprint density at radius 2 is 0.967 bits per heavy atom. The molecule has 0 aromatic heterocycles. The second-order valence-corrected chi connectivity index (χ2v) is 8.71. The van der Waals surface area contributed by atoms with Crippen LogP contribution in [0.4, 0.5) is 0 Å². The van der Waals surface area contributed by atoms with E-state index in [0.717, 1.165) is 5.02 Å². The minimum atomic E-state index is -0.299. The minimum absolute atomic E-state index is 0.299. The summed E-state index contributed by atoms with van der Waals surface area (Å²) in [4.78, 5) is 0. The van der Waals surface area contributed by atoms with Gasteiger partial charge in [-0.15, -0.1) is 0 Å². The molecule has 0 unspecified atom stereocenters. The van der Waals surface area contributed by atoms with Crippen LogP contribution >= 0.6 is 11.6 Å². The van der Waals surface area contributed by atoms with E-state index in [0.29, 0.717) is 0 Å². The van der Waals surface area contributed by atoms with Crippen molar-refractivity contribution in [1.82, 2.24) is 0 Å². The lowest BCUT2D eigenvalue weighted by atomic mass is 9.70. The van der Waals surface area contributed by atoms with Gasteiger partial charge in [-0.1, -0.05) is 90.5 Å². The Bertz CT molecular complexity index is 1460. The standard InChI is InChI=1S/C29H17Cl/c30-20-13-14-27-24(17-20)23-15-18-7-1-2-8-19(18)16-28(23)29(27)25-11-5-3-9-21(25)22-10-4-6-12-26(22)29/h1-17H. The molecule has 7 rings (SSSR count). The van der Waals surface area contributed by atoms with Gasteiger partial charge in [0.1, 0.15) is 0 Å². The van der Waals surface area contributed by atoms with Crippen molar-refractivity contribution in [1.29, 1.82) is 0 Å². The molecule has 0 saturated carbocycles. The van der Waals surface area contributed by atoms with Gasteiger partial charge in [0.15, 0.2) is 0 Å². The third-order valence-corrected chi connectivity index (χ3v) is 7.15. The van der Waals surface area contributed by atoms with Gasteiger partial charge in [0.2, 0.25) is 0 Å². The van der Waals surface area contributed by atoms with Crippen molar-refractivity contribution in [3.63, 3.8) is 0 Å². The predicted octanol–water partition coefficient (Wildman–Crippen LogP) is 7.84. The van der Waals surface area contributed by atoms with E-state index in [9.17, 15) is 0 Å². The molecule has 0 aliphatic heterocycles. The Labute approximate surface area is 180 Å². The zero-order valence-corrected chi connectivity index (χ0v) is 16.9. The van der Waals surface area contributed by atoms with Crippen molar-refractivity contribution >= 4 is 22.4 Å². The molecule has 2 aliphatic carbocycles. The zero-order chi connectivity index (χ0) is 19.9. The number of rotatable bonds is 0. The number of halogens is 1. The molecule has 0 heterocycles. The fraction of sp³-hybridized carbons (Fsp3) is 0.0345. The monoisotopic (exact) mass is 400 g/mol. The van der Waals surface area contributed by atoms with Crippen molar-refractivity contribution < 1.29 is 0 Å². The fourth-order valence-electron chi connectivity index (χ4n) is 5.80. The second-order valence-electron chi connectivity index (χ2n) is 8.28. The van der Waals surface area contributed by atoms with E-state index in [4.69, 9.17) is 11.6 Å². The molecule has 0 radical (unpaired) electrons. The van der Waals surface area contributed by atoms with Gasteiger partial charge in [-0.05, 0) is 79.5 Å². The summed E-state index contributed by atoms with van der Waals surface area (Å²) in [5.41, 5.74) is 10.3. The average molecular weight is 401 g/mol. The first kappa shape index (κ1) is 16.4. The highest BCUT2D eigenvalue weighted by molar-refractivity contribution is 6.31. The van der Waals surface area contributed by atoms with E-state index in [1.54, 1.807) is 0 Å². The molecule has 140 valence electrons. The Morgan fingerprint density at radius 3 is 1.67 bits per heavy atom. The predicted molar refractivity (Wildman–Crippen MR) is 125 cm³/mol. The average Bonchev–Trinajstić information content (AvgIpc) is 3.24. The summed E-state index contributed by atoms with van der Waals surface area (Å²) in [6, 6.07) is 37.6. The summed E-state index contributed by atoms with van der Waals surface area (Å²) in [5.74, 6) is 0. The lowest BCUT2D eigenvalue weighted by molar-refractivity contribution is 0.795. The van der Waals surface area contributed by atoms with E-state index >= 15 is 0 Å². The first-order valence-corrected chi connectivity index (χ1v) is 10.7. The molecule has 0 amide bonds. The van der Waals surface area contributed by atoms with E-state index < -0.39 is 0 Å². The Balaban J connectivity index is 1.74. The maximum Gasteiger partial charge on any atom is 0.0725 e. The van der Waals surface area contributed by atoms with Gasteiger partial charge in [-0.2, -0.15) is 0 Å². The van der Waals surface area contributed by atoms with E-state index in [1.807, 2.05) is 6.07 Å². The van der Waals surface area contributed by atoms with Crippen LogP contribution in [0, 0.1) is 0 Å². The smallest absolute Gasteiger partial charge is 0.0725 e. The first-order valence-electron chi connectivity index (χ1n) is 10.3. The van der Waals surface area contributed by atoms with Crippen LogP contribution in [0.25, 0.3) is 33.0 Å². The number of hydrogen-bond donors (Lipinski definition) is 0. The van der Waals surface area contributed by atoms with E-state index in [2.05, 4.69) is 97.1 Å². The molecule has 30 heavy (non-hydrogen) atoms. The topological polar surface area (TPSA) is 0 Å². The van der Waals surface area contributed by atoms with Crippen molar-refractivity contribution in [2.75, 3.05) is 0 Å². The molecule has 2 aliphatic rings. The van der Waals surface area contributed by atoms with Crippen LogP contribution in [0.3, 0.4) is 0 Å². The van der Waals surface area contributed by atoms with Crippen LogP contribution in [-0.4, -0.2) is 0 Å². The first-order chi connectivity index (χ1) is 14.8. The van der Waals surface area contributed by atoms with Crippen LogP contribution < -0.4 is 0 Å². The largest absolute Gasteiger partial charge is 0.0843 e. The summed E-state index contributed by atoms with van der Waals surface area (Å²) in [5, 5.41) is 3.32. The van der Waals surface area contributed by atoms with Crippen LogP contribution in [0.5, 0.6) is 0 Å². The molecule has 1 spiro atoms. The Kier molecular flexibility index (Phi) is 3.08. The van der Waals surface area contributed by atoms with E-state index in [1.165, 1.54) is 55.3 Å². The fourth-order valence-corrected chi connectivity index (χ4v) is 5.97. The summed E-state index contributed by atoms with van der Waals surface area (Å²) in [6.45, 7) is 0. The second kappa shape index (κ2) is 5.62. The molecule has 5 aromatic rings. The maximum absolute atomic E-state index is 6.50. The molecular weight excluding hydrogens is 384 g/mol. The van der Waals surface area contributed by atoms with Crippen LogP contribution in [0.1, 0.15) is 22.3 Å². The Morgan fingerprint density at radius 1 is 0.433 bits per heavy atom. The highest BCUT2D eigenvalue weighted by Gasteiger charge is 2.51. The third kappa shape index (κ3) is 1.84. The van der Waals surface area contributed by atoms with Gasteiger partial charge in [0, 0.05) is 5.02 Å². The molecule has 0 atom stereocenters. The number of hydrogen-bond acceptors (Lipinski definition) is 0. The number of benzene rings is 5. The van der Waals surface area contributed by atoms with Gasteiger partial charge in [-0.3, -0.25) is 0 Å². The highest BCUT2D eigenvalue weighted by atomic mass is 35.5. The summed E-state index contributed by atoms with van der Waals surface area (Å²) in [7, 11) is 0. The van der Waals surface area contributed by atoms with Crippen molar-refractivity contribution in [3.8, 4) is 22.3 Å². The zero-order valence-electron chi connectivity index (χ0n) is 16.2. The van der Waals surface area contributed by atoms with Gasteiger partial charge in [0.05, 0.1) is 5.41 Å². The molecule has 1 heteroatoms. The molecule has 0 nitrogen and oxygen atoms in total. The quantitative estimate of drug-likeness (QED) is 0.243. The molecule has 0 saturated heterocycles. The highest BCUT2D eigenvalue weighted by Crippen LogP contribution is 2.63. The third-order valence-electron chi connectivity index (χ3n) is 6.92. The van der Waals surface area contributed by atoms with Crippen LogP contribution in [0.2, 0.25) is 5.02 Å². The number of fused-ring (bicyclic) bond motifs is 11. The molecular formula is C29H17Cl. The lowest BCUT2D eigenvalue weighted by Crippen LogP contribution is -2.25. The summed E-state index contributed by atoms with van der Waals surface area (Å²) < 4.78 is 0. The molecule has 5 aromatic carbocycles. The molecule has 0 N–H and O–H groups in total. The van der Waals surface area contributed by atoms with Crippen LogP contribution in [-0.2, 0) is 5.41 Å². The summed E-state index contributed by atoms with van der Waals surface area (Å²) >= 11 is 6.50. The van der Waals surface area contributed by atoms with Crippen molar-refractivity contribution in [2.45, 2.75) is 5.41 Å².